The van der Waals surface area contributed by atoms with Crippen LogP contribution in [-0.2, 0) is 20.9 Å². The normalized spacial score (nSPS) is 15.6. The van der Waals surface area contributed by atoms with Crippen LogP contribution < -0.4 is 20.7 Å². The number of aromatic nitrogens is 2. The van der Waals surface area contributed by atoms with Crippen molar-refractivity contribution in [3.05, 3.63) is 93.1 Å². The third-order valence-electron chi connectivity index (χ3n) is 8.71. The van der Waals surface area contributed by atoms with Crippen molar-refractivity contribution >= 4 is 69.5 Å². The van der Waals surface area contributed by atoms with E-state index >= 15 is 0 Å². The van der Waals surface area contributed by atoms with Gasteiger partial charge in [0.05, 0.1) is 23.2 Å². The zero-order valence-electron chi connectivity index (χ0n) is 27.4. The molecule has 15 heteroatoms. The fraction of sp³-hybridized carbons (Fsp3) is 0.306. The van der Waals surface area contributed by atoms with E-state index in [9.17, 15) is 28.8 Å². The zero-order chi connectivity index (χ0) is 36.1. The Kier molecular flexibility index (Phi) is 11.0. The van der Waals surface area contributed by atoms with E-state index in [4.69, 9.17) is 27.9 Å². The standard InChI is InChI=1S/C36H34Cl2N6O7/c37-22-13-12-21(25(38)18-22)19-43-26-10-4-3-8-23(26)32(42-43)34(48)40-17-6-2-1-5-16-39-30(46)20-51-28-11-7-9-24-31(28)36(50)44(35(24)49)27-14-15-29(45)41-33(27)47/h3-4,7-13,18,27H,1-2,5-6,14-17,19-20H2,(H,39,46)(H,40,48)(H,41,45,47). The van der Waals surface area contributed by atoms with Gasteiger partial charge in [0.1, 0.15) is 11.8 Å². The van der Waals surface area contributed by atoms with Gasteiger partial charge < -0.3 is 15.4 Å². The van der Waals surface area contributed by atoms with Crippen molar-refractivity contribution in [3.8, 4) is 5.75 Å². The minimum atomic E-state index is -1.10. The van der Waals surface area contributed by atoms with Crippen LogP contribution in [0.25, 0.3) is 10.9 Å². The minimum absolute atomic E-state index is 0.0120. The van der Waals surface area contributed by atoms with Crippen molar-refractivity contribution in [1.29, 1.82) is 0 Å². The van der Waals surface area contributed by atoms with Crippen molar-refractivity contribution in [3.63, 3.8) is 0 Å². The Labute approximate surface area is 302 Å². The molecule has 0 spiro atoms. The largest absolute Gasteiger partial charge is 0.483 e. The van der Waals surface area contributed by atoms with Gasteiger partial charge >= 0.3 is 0 Å². The highest BCUT2D eigenvalue weighted by molar-refractivity contribution is 6.35. The van der Waals surface area contributed by atoms with Crippen LogP contribution in [0.15, 0.2) is 60.7 Å². The third-order valence-corrected chi connectivity index (χ3v) is 9.30. The van der Waals surface area contributed by atoms with E-state index in [2.05, 4.69) is 21.0 Å². The molecule has 13 nitrogen and oxygen atoms in total. The maximum Gasteiger partial charge on any atom is 0.272 e. The number of hydrogen-bond acceptors (Lipinski definition) is 8. The topological polar surface area (TPSA) is 169 Å². The predicted molar refractivity (Wildman–Crippen MR) is 188 cm³/mol. The molecule has 1 aromatic heterocycles. The molecule has 0 bridgehead atoms. The highest BCUT2D eigenvalue weighted by Gasteiger charge is 2.46. The molecule has 264 valence electrons. The maximum atomic E-state index is 13.2. The summed E-state index contributed by atoms with van der Waals surface area (Å²) in [5, 5.41) is 14.3. The molecule has 1 fully saturated rings. The molecule has 6 rings (SSSR count). The van der Waals surface area contributed by atoms with Gasteiger partial charge in [-0.25, -0.2) is 0 Å². The number of hydrogen-bond donors (Lipinski definition) is 3. The zero-order valence-corrected chi connectivity index (χ0v) is 28.9. The predicted octanol–water partition coefficient (Wildman–Crippen LogP) is 4.28. The number of benzene rings is 3. The van der Waals surface area contributed by atoms with Crippen LogP contribution in [0.5, 0.6) is 5.75 Å². The monoisotopic (exact) mass is 732 g/mol. The molecule has 0 radical (unpaired) electrons. The van der Waals surface area contributed by atoms with E-state index in [0.29, 0.717) is 41.8 Å². The summed E-state index contributed by atoms with van der Waals surface area (Å²) in [4.78, 5) is 76.4. The number of nitrogens with one attached hydrogen (secondary N) is 3. The molecule has 3 aromatic carbocycles. The first-order valence-corrected chi connectivity index (χ1v) is 17.3. The number of carbonyl (C=O) groups is 6. The lowest BCUT2D eigenvalue weighted by Gasteiger charge is -2.27. The summed E-state index contributed by atoms with van der Waals surface area (Å²) in [5.41, 5.74) is 2.04. The Bertz CT molecular complexity index is 2050. The number of piperidine rings is 1. The number of halogens is 2. The van der Waals surface area contributed by atoms with Crippen molar-refractivity contribution in [2.75, 3.05) is 19.7 Å². The van der Waals surface area contributed by atoms with Gasteiger partial charge in [-0.2, -0.15) is 5.10 Å². The maximum absolute atomic E-state index is 13.2. The molecule has 3 N–H and O–H groups in total. The number of carbonyl (C=O) groups excluding carboxylic acids is 6. The van der Waals surface area contributed by atoms with E-state index in [1.165, 1.54) is 18.2 Å². The number of amides is 6. The Balaban J connectivity index is 0.908. The molecule has 2 aliphatic heterocycles. The molecule has 1 unspecified atom stereocenters. The van der Waals surface area contributed by atoms with Crippen LogP contribution in [0, 0.1) is 0 Å². The van der Waals surface area contributed by atoms with Gasteiger partial charge in [0.25, 0.3) is 23.6 Å². The van der Waals surface area contributed by atoms with Gasteiger partial charge in [-0.1, -0.05) is 66.4 Å². The molecule has 0 saturated carbocycles. The first-order valence-electron chi connectivity index (χ1n) is 16.5. The Morgan fingerprint density at radius 3 is 2.43 bits per heavy atom. The molecule has 0 aliphatic carbocycles. The summed E-state index contributed by atoms with van der Waals surface area (Å²) in [6, 6.07) is 16.2. The van der Waals surface area contributed by atoms with Crippen molar-refractivity contribution in [1.82, 2.24) is 30.6 Å². The lowest BCUT2D eigenvalue weighted by atomic mass is 10.0. The van der Waals surface area contributed by atoms with Gasteiger partial charge in [-0.3, -0.25) is 43.7 Å². The summed E-state index contributed by atoms with van der Waals surface area (Å²) in [6.07, 6.45) is 3.14. The van der Waals surface area contributed by atoms with Gasteiger partial charge in [-0.15, -0.1) is 0 Å². The minimum Gasteiger partial charge on any atom is -0.483 e. The van der Waals surface area contributed by atoms with E-state index in [1.54, 1.807) is 16.8 Å². The van der Waals surface area contributed by atoms with Crippen molar-refractivity contribution in [2.24, 2.45) is 0 Å². The Morgan fingerprint density at radius 1 is 0.902 bits per heavy atom. The third kappa shape index (κ3) is 7.89. The van der Waals surface area contributed by atoms with Gasteiger partial charge in [0, 0.05) is 34.9 Å². The van der Waals surface area contributed by atoms with E-state index in [0.717, 1.165) is 40.6 Å². The molecule has 3 heterocycles. The van der Waals surface area contributed by atoms with Gasteiger partial charge in [-0.05, 0) is 55.2 Å². The molecule has 4 aromatic rings. The highest BCUT2D eigenvalue weighted by atomic mass is 35.5. The molecule has 6 amide bonds. The number of ether oxygens (including phenoxy) is 1. The van der Waals surface area contributed by atoms with Crippen LogP contribution in [-0.4, -0.2) is 75.9 Å². The van der Waals surface area contributed by atoms with Crippen LogP contribution in [0.2, 0.25) is 10.0 Å². The van der Waals surface area contributed by atoms with Gasteiger partial charge in [0.2, 0.25) is 11.8 Å². The van der Waals surface area contributed by atoms with Crippen LogP contribution in [0.1, 0.15) is 75.3 Å². The number of nitrogens with zero attached hydrogens (tertiary/aromatic N) is 3. The Hall–Kier alpha value is -5.27. The first kappa shape index (κ1) is 35.6. The molecule has 51 heavy (non-hydrogen) atoms. The van der Waals surface area contributed by atoms with Crippen molar-refractivity contribution < 1.29 is 33.5 Å². The number of rotatable bonds is 14. The second kappa shape index (κ2) is 15.7. The summed E-state index contributed by atoms with van der Waals surface area (Å²) >= 11 is 12.4. The smallest absolute Gasteiger partial charge is 0.272 e. The number of unbranched alkanes of at least 4 members (excludes halogenated alkanes) is 3. The summed E-state index contributed by atoms with van der Waals surface area (Å²) in [6.45, 7) is 0.877. The summed E-state index contributed by atoms with van der Waals surface area (Å²) < 4.78 is 7.37. The number of para-hydroxylation sites is 1. The van der Waals surface area contributed by atoms with Crippen LogP contribution in [0.4, 0.5) is 0 Å². The fourth-order valence-electron chi connectivity index (χ4n) is 6.14. The highest BCUT2D eigenvalue weighted by Crippen LogP contribution is 2.33. The number of fused-ring (bicyclic) bond motifs is 2. The molecular formula is C36H34Cl2N6O7. The second-order valence-corrected chi connectivity index (χ2v) is 13.0. The second-order valence-electron chi connectivity index (χ2n) is 12.2. The molecule has 1 atom stereocenters. The lowest BCUT2D eigenvalue weighted by molar-refractivity contribution is -0.136. The quantitative estimate of drug-likeness (QED) is 0.128. The number of imide groups is 2. The summed E-state index contributed by atoms with van der Waals surface area (Å²) in [5.74, 6) is -3.13. The first-order chi connectivity index (χ1) is 24.6. The van der Waals surface area contributed by atoms with E-state index < -0.39 is 35.6 Å². The van der Waals surface area contributed by atoms with E-state index in [1.807, 2.05) is 30.3 Å². The average Bonchev–Trinajstić information content (AvgIpc) is 3.60. The SMILES string of the molecule is O=C(COc1cccc2c1C(=O)N(C1CCC(=O)NC1=O)C2=O)NCCCCCCNC(=O)c1nn(Cc2ccc(Cl)cc2Cl)c2ccccc12. The van der Waals surface area contributed by atoms with Crippen LogP contribution in [0.3, 0.4) is 0 Å². The lowest BCUT2D eigenvalue weighted by Crippen LogP contribution is -2.54. The average molecular weight is 734 g/mol. The molecular weight excluding hydrogens is 699 g/mol. The van der Waals surface area contributed by atoms with Crippen LogP contribution >= 0.6 is 23.2 Å². The van der Waals surface area contributed by atoms with Crippen molar-refractivity contribution in [2.45, 2.75) is 51.1 Å². The van der Waals surface area contributed by atoms with Gasteiger partial charge in [0.15, 0.2) is 12.3 Å². The Morgan fingerprint density at radius 2 is 1.67 bits per heavy atom. The fourth-order valence-corrected chi connectivity index (χ4v) is 6.61. The summed E-state index contributed by atoms with van der Waals surface area (Å²) in [7, 11) is 0. The van der Waals surface area contributed by atoms with E-state index in [-0.39, 0.29) is 42.2 Å². The molecule has 2 aliphatic rings. The molecule has 1 saturated heterocycles.